The number of likely N-dealkylation sites (tertiary alicyclic amines) is 1. The number of thiazole rings is 1. The van der Waals surface area contributed by atoms with Gasteiger partial charge in [-0.15, -0.1) is 11.3 Å². The molecule has 2 fully saturated rings. The maximum Gasteiger partial charge on any atom is 0.272 e. The van der Waals surface area contributed by atoms with Crippen LogP contribution in [0.3, 0.4) is 0 Å². The number of aromatic nitrogens is 2. The Morgan fingerprint density at radius 1 is 1.21 bits per heavy atom. The van der Waals surface area contributed by atoms with Crippen molar-refractivity contribution in [1.82, 2.24) is 24.7 Å². The molecule has 2 saturated heterocycles. The molecule has 2 aromatic heterocycles. The highest BCUT2D eigenvalue weighted by Gasteiger charge is 2.50. The molecule has 2 aliphatic heterocycles. The van der Waals surface area contributed by atoms with Gasteiger partial charge in [-0.2, -0.15) is 0 Å². The lowest BCUT2D eigenvalue weighted by Gasteiger charge is -2.52. The quantitative estimate of drug-likeness (QED) is 0.787. The Labute approximate surface area is 169 Å². The van der Waals surface area contributed by atoms with Crippen LogP contribution in [0.25, 0.3) is 0 Å². The normalized spacial score (nSPS) is 20.0. The van der Waals surface area contributed by atoms with E-state index in [0.717, 1.165) is 23.8 Å². The fraction of sp³-hybridized carbons (Fsp3) is 0.500. The van der Waals surface area contributed by atoms with Gasteiger partial charge in [0.15, 0.2) is 0 Å². The molecule has 2 amide bonds. The molecule has 2 aromatic rings. The summed E-state index contributed by atoms with van der Waals surface area (Å²) in [5, 5.41) is 3.12. The monoisotopic (exact) mass is 399 g/mol. The summed E-state index contributed by atoms with van der Waals surface area (Å²) in [6, 6.07) is 5.36. The molecule has 0 aromatic carbocycles. The molecule has 0 saturated carbocycles. The van der Waals surface area contributed by atoms with E-state index in [9.17, 15) is 9.59 Å². The summed E-state index contributed by atoms with van der Waals surface area (Å²) < 4.78 is 0. The number of amides is 2. The standard InChI is InChI=1S/C20H25N5O2S/c1-15-22-16(14-28-15)13-25-12-11-23(2)19(27)20(25)6-9-24(10-7-20)18(26)17-5-3-4-8-21-17/h3-5,8,14H,6-7,9-13H2,1-2H3. The second-order valence-corrected chi connectivity index (χ2v) is 8.61. The topological polar surface area (TPSA) is 69.6 Å². The van der Waals surface area contributed by atoms with Crippen LogP contribution >= 0.6 is 11.3 Å². The first kappa shape index (κ1) is 19.0. The molecule has 0 bridgehead atoms. The van der Waals surface area contributed by atoms with E-state index >= 15 is 0 Å². The highest BCUT2D eigenvalue weighted by atomic mass is 32.1. The number of hydrogen-bond donors (Lipinski definition) is 0. The van der Waals surface area contributed by atoms with Crippen molar-refractivity contribution in [2.75, 3.05) is 33.2 Å². The van der Waals surface area contributed by atoms with Crippen LogP contribution in [-0.2, 0) is 11.3 Å². The van der Waals surface area contributed by atoms with Crippen LogP contribution in [0.4, 0.5) is 0 Å². The highest BCUT2D eigenvalue weighted by molar-refractivity contribution is 7.09. The summed E-state index contributed by atoms with van der Waals surface area (Å²) in [5.74, 6) is 0.101. The molecule has 1 spiro atoms. The predicted molar refractivity (Wildman–Crippen MR) is 107 cm³/mol. The minimum absolute atomic E-state index is 0.0614. The van der Waals surface area contributed by atoms with E-state index in [1.54, 1.807) is 29.7 Å². The molecule has 28 heavy (non-hydrogen) atoms. The molecule has 7 nitrogen and oxygen atoms in total. The zero-order valence-corrected chi connectivity index (χ0v) is 17.1. The summed E-state index contributed by atoms with van der Waals surface area (Å²) in [4.78, 5) is 40.6. The summed E-state index contributed by atoms with van der Waals surface area (Å²) in [5.41, 5.74) is 0.928. The number of aryl methyl sites for hydroxylation is 1. The molecule has 4 rings (SSSR count). The average molecular weight is 400 g/mol. The number of piperidine rings is 1. The predicted octanol–water partition coefficient (Wildman–Crippen LogP) is 1.80. The van der Waals surface area contributed by atoms with E-state index in [1.807, 2.05) is 29.8 Å². The molecule has 0 radical (unpaired) electrons. The van der Waals surface area contributed by atoms with Gasteiger partial charge in [-0.1, -0.05) is 6.07 Å². The Morgan fingerprint density at radius 2 is 2.00 bits per heavy atom. The van der Waals surface area contributed by atoms with Crippen LogP contribution in [0, 0.1) is 6.92 Å². The maximum atomic E-state index is 13.2. The molecule has 0 aliphatic carbocycles. The summed E-state index contributed by atoms with van der Waals surface area (Å²) >= 11 is 1.64. The van der Waals surface area contributed by atoms with E-state index < -0.39 is 5.54 Å². The van der Waals surface area contributed by atoms with Gasteiger partial charge in [0.1, 0.15) is 11.2 Å². The number of carbonyl (C=O) groups is 2. The smallest absolute Gasteiger partial charge is 0.272 e. The first-order chi connectivity index (χ1) is 13.5. The van der Waals surface area contributed by atoms with Crippen LogP contribution in [-0.4, -0.2) is 75.2 Å². The van der Waals surface area contributed by atoms with E-state index in [4.69, 9.17) is 0 Å². The van der Waals surface area contributed by atoms with Crippen molar-refractivity contribution < 1.29 is 9.59 Å². The Kier molecular flexibility index (Phi) is 5.16. The zero-order valence-electron chi connectivity index (χ0n) is 16.3. The number of likely N-dealkylation sites (N-methyl/N-ethyl adjacent to an activating group) is 1. The third-order valence-corrected chi connectivity index (χ3v) is 6.66. The first-order valence-corrected chi connectivity index (χ1v) is 10.5. The van der Waals surface area contributed by atoms with Gasteiger partial charge in [-0.3, -0.25) is 19.5 Å². The third-order valence-electron chi connectivity index (χ3n) is 5.84. The molecule has 0 N–H and O–H groups in total. The molecule has 8 heteroatoms. The van der Waals surface area contributed by atoms with E-state index in [2.05, 4.69) is 20.2 Å². The lowest BCUT2D eigenvalue weighted by atomic mass is 9.82. The Morgan fingerprint density at radius 3 is 2.64 bits per heavy atom. The molecule has 2 aliphatic rings. The van der Waals surface area contributed by atoms with Gasteiger partial charge in [0.2, 0.25) is 5.91 Å². The van der Waals surface area contributed by atoms with Gasteiger partial charge >= 0.3 is 0 Å². The van der Waals surface area contributed by atoms with E-state index in [0.29, 0.717) is 38.2 Å². The minimum atomic E-state index is -0.550. The van der Waals surface area contributed by atoms with E-state index in [-0.39, 0.29) is 11.8 Å². The Balaban J connectivity index is 1.52. The number of nitrogens with zero attached hydrogens (tertiary/aromatic N) is 5. The number of carbonyl (C=O) groups excluding carboxylic acids is 2. The van der Waals surface area contributed by atoms with Crippen LogP contribution < -0.4 is 0 Å². The fourth-order valence-electron chi connectivity index (χ4n) is 4.24. The molecular weight excluding hydrogens is 374 g/mol. The number of piperazine rings is 1. The third kappa shape index (κ3) is 3.42. The van der Waals surface area contributed by atoms with Gasteiger partial charge < -0.3 is 9.80 Å². The summed E-state index contributed by atoms with van der Waals surface area (Å²) in [6.45, 7) is 5.34. The number of pyridine rings is 1. The van der Waals surface area contributed by atoms with Crippen molar-refractivity contribution in [2.45, 2.75) is 31.8 Å². The Bertz CT molecular complexity index is 860. The van der Waals surface area contributed by atoms with Gasteiger partial charge in [0.05, 0.1) is 10.7 Å². The maximum absolute atomic E-state index is 13.2. The molecule has 4 heterocycles. The van der Waals surface area contributed by atoms with Gasteiger partial charge in [-0.25, -0.2) is 4.98 Å². The molecule has 0 atom stereocenters. The van der Waals surface area contributed by atoms with Crippen LogP contribution in [0.1, 0.15) is 34.0 Å². The molecule has 0 unspecified atom stereocenters. The second kappa shape index (κ2) is 7.60. The number of rotatable bonds is 3. The summed E-state index contributed by atoms with van der Waals surface area (Å²) in [6.07, 6.45) is 2.91. The molecule has 148 valence electrons. The van der Waals surface area contributed by atoms with Gasteiger partial charge in [-0.05, 0) is 31.9 Å². The Hall–Kier alpha value is -2.32. The van der Waals surface area contributed by atoms with Crippen molar-refractivity contribution in [3.05, 3.63) is 46.2 Å². The van der Waals surface area contributed by atoms with Crippen molar-refractivity contribution in [1.29, 1.82) is 0 Å². The van der Waals surface area contributed by atoms with Crippen molar-refractivity contribution in [2.24, 2.45) is 0 Å². The van der Waals surface area contributed by atoms with Gasteiger partial charge in [0.25, 0.3) is 5.91 Å². The van der Waals surface area contributed by atoms with E-state index in [1.165, 1.54) is 0 Å². The van der Waals surface area contributed by atoms with Crippen LogP contribution in [0.15, 0.2) is 29.8 Å². The van der Waals surface area contributed by atoms with Crippen molar-refractivity contribution >= 4 is 23.2 Å². The largest absolute Gasteiger partial charge is 0.343 e. The molecular formula is C20H25N5O2S. The van der Waals surface area contributed by atoms with Crippen LogP contribution in [0.5, 0.6) is 0 Å². The van der Waals surface area contributed by atoms with Crippen LogP contribution in [0.2, 0.25) is 0 Å². The second-order valence-electron chi connectivity index (χ2n) is 7.54. The van der Waals surface area contributed by atoms with Gasteiger partial charge in [0, 0.05) is 51.3 Å². The number of hydrogen-bond acceptors (Lipinski definition) is 6. The van der Waals surface area contributed by atoms with Crippen molar-refractivity contribution in [3.63, 3.8) is 0 Å². The lowest BCUT2D eigenvalue weighted by molar-refractivity contribution is -0.154. The lowest BCUT2D eigenvalue weighted by Crippen LogP contribution is -2.68. The summed E-state index contributed by atoms with van der Waals surface area (Å²) in [7, 11) is 1.87. The van der Waals surface area contributed by atoms with Crippen molar-refractivity contribution in [3.8, 4) is 0 Å². The average Bonchev–Trinajstić information content (AvgIpc) is 3.14. The first-order valence-electron chi connectivity index (χ1n) is 9.61. The zero-order chi connectivity index (χ0) is 19.7. The SMILES string of the molecule is Cc1nc(CN2CCN(C)C(=O)C23CCN(C(=O)c2ccccn2)CC3)cs1. The fourth-order valence-corrected chi connectivity index (χ4v) is 4.85. The highest BCUT2D eigenvalue weighted by Crippen LogP contribution is 2.35. The minimum Gasteiger partial charge on any atom is -0.343 e.